The summed E-state index contributed by atoms with van der Waals surface area (Å²) in [7, 11) is -3.75. The van der Waals surface area contributed by atoms with E-state index in [4.69, 9.17) is 4.74 Å². The number of nitrogens with one attached hydrogen (secondary N) is 1. The van der Waals surface area contributed by atoms with Crippen LogP contribution in [0.4, 0.5) is 11.4 Å². The van der Waals surface area contributed by atoms with Gasteiger partial charge in [0.15, 0.2) is 11.5 Å². The first-order valence-corrected chi connectivity index (χ1v) is 10.6. The molecule has 7 heteroatoms. The van der Waals surface area contributed by atoms with Crippen LogP contribution in [0.3, 0.4) is 0 Å². The summed E-state index contributed by atoms with van der Waals surface area (Å²) in [4.78, 5) is 4.53. The lowest BCUT2D eigenvalue weighted by Crippen LogP contribution is -2.13. The van der Waals surface area contributed by atoms with Gasteiger partial charge in [-0.05, 0) is 50.2 Å². The van der Waals surface area contributed by atoms with Crippen molar-refractivity contribution in [2.45, 2.75) is 18.7 Å². The zero-order valence-corrected chi connectivity index (χ0v) is 17.0. The lowest BCUT2D eigenvalue weighted by atomic mass is 10.2. The van der Waals surface area contributed by atoms with Gasteiger partial charge in [0.1, 0.15) is 0 Å². The number of phenols is 1. The molecule has 0 aliphatic carbocycles. The second kappa shape index (κ2) is 8.79. The van der Waals surface area contributed by atoms with Crippen LogP contribution in [0.25, 0.3) is 0 Å². The smallest absolute Gasteiger partial charge is 0.261 e. The van der Waals surface area contributed by atoms with Gasteiger partial charge in [-0.3, -0.25) is 9.71 Å². The number of nitrogens with zero attached hydrogens (tertiary/aromatic N) is 1. The molecule has 0 saturated heterocycles. The zero-order valence-electron chi connectivity index (χ0n) is 16.2. The first-order chi connectivity index (χ1) is 13.9. The number of sulfonamides is 1. The number of rotatable bonds is 7. The maximum atomic E-state index is 12.7. The Labute approximate surface area is 170 Å². The molecule has 0 saturated carbocycles. The van der Waals surface area contributed by atoms with Gasteiger partial charge in [0, 0.05) is 11.8 Å². The van der Waals surface area contributed by atoms with Crippen LogP contribution in [-0.4, -0.2) is 26.3 Å². The van der Waals surface area contributed by atoms with E-state index in [2.05, 4.69) is 9.71 Å². The standard InChI is InChI=1S/C22H22N2O4S/c1-3-28-21-10-6-7-17(22(21)25)15-23-19-8-4-5-9-20(19)24-29(26,27)18-13-11-16(2)12-14-18/h4-15,24-25H,3H2,1-2H3. The monoisotopic (exact) mass is 410 g/mol. The minimum atomic E-state index is -3.75. The Balaban J connectivity index is 1.89. The SMILES string of the molecule is CCOc1cccc(C=Nc2ccccc2NS(=O)(=O)c2ccc(C)cc2)c1O. The second-order valence-electron chi connectivity index (χ2n) is 6.32. The van der Waals surface area contributed by atoms with Crippen LogP contribution in [0, 0.1) is 6.92 Å². The highest BCUT2D eigenvalue weighted by Crippen LogP contribution is 2.31. The van der Waals surface area contributed by atoms with Crippen molar-refractivity contribution in [3.63, 3.8) is 0 Å². The lowest BCUT2D eigenvalue weighted by Gasteiger charge is -2.11. The molecule has 0 bridgehead atoms. The van der Waals surface area contributed by atoms with E-state index in [0.717, 1.165) is 5.56 Å². The van der Waals surface area contributed by atoms with Crippen molar-refractivity contribution in [3.05, 3.63) is 77.9 Å². The van der Waals surface area contributed by atoms with Crippen LogP contribution in [0.15, 0.2) is 76.6 Å². The normalized spacial score (nSPS) is 11.5. The van der Waals surface area contributed by atoms with Crippen molar-refractivity contribution >= 4 is 27.6 Å². The van der Waals surface area contributed by atoms with Gasteiger partial charge in [0.25, 0.3) is 10.0 Å². The molecule has 0 radical (unpaired) electrons. The van der Waals surface area contributed by atoms with Gasteiger partial charge in [-0.25, -0.2) is 8.42 Å². The number of para-hydroxylation sites is 3. The summed E-state index contributed by atoms with van der Waals surface area (Å²) in [5.41, 5.74) is 2.20. The van der Waals surface area contributed by atoms with Crippen molar-refractivity contribution in [2.75, 3.05) is 11.3 Å². The minimum Gasteiger partial charge on any atom is -0.504 e. The Bertz CT molecular complexity index is 1120. The molecule has 0 atom stereocenters. The van der Waals surface area contributed by atoms with Crippen molar-refractivity contribution in [3.8, 4) is 11.5 Å². The third-order valence-electron chi connectivity index (χ3n) is 4.15. The molecule has 29 heavy (non-hydrogen) atoms. The summed E-state index contributed by atoms with van der Waals surface area (Å²) >= 11 is 0. The number of phenolic OH excluding ortho intramolecular Hbond substituents is 1. The quantitative estimate of drug-likeness (QED) is 0.555. The zero-order chi connectivity index (χ0) is 20.9. The molecule has 2 N–H and O–H groups in total. The highest BCUT2D eigenvalue weighted by molar-refractivity contribution is 7.92. The number of aliphatic imine (C=N–C) groups is 1. The van der Waals surface area contributed by atoms with Crippen molar-refractivity contribution < 1.29 is 18.3 Å². The van der Waals surface area contributed by atoms with E-state index in [0.29, 0.717) is 29.3 Å². The van der Waals surface area contributed by atoms with Gasteiger partial charge in [0.2, 0.25) is 0 Å². The molecule has 0 fully saturated rings. The first-order valence-electron chi connectivity index (χ1n) is 9.08. The van der Waals surface area contributed by atoms with Gasteiger partial charge < -0.3 is 9.84 Å². The molecule has 0 aliphatic rings. The summed E-state index contributed by atoms with van der Waals surface area (Å²) in [6.45, 7) is 4.15. The van der Waals surface area contributed by atoms with Crippen LogP contribution < -0.4 is 9.46 Å². The van der Waals surface area contributed by atoms with Gasteiger partial charge >= 0.3 is 0 Å². The molecule has 150 valence electrons. The summed E-state index contributed by atoms with van der Waals surface area (Å²) in [6.07, 6.45) is 1.47. The lowest BCUT2D eigenvalue weighted by molar-refractivity contribution is 0.318. The number of hydrogen-bond donors (Lipinski definition) is 2. The Morgan fingerprint density at radius 3 is 2.48 bits per heavy atom. The fourth-order valence-corrected chi connectivity index (χ4v) is 3.72. The average molecular weight is 410 g/mol. The van der Waals surface area contributed by atoms with Crippen molar-refractivity contribution in [2.24, 2.45) is 4.99 Å². The molecule has 0 amide bonds. The van der Waals surface area contributed by atoms with Gasteiger partial charge in [-0.2, -0.15) is 0 Å². The van der Waals surface area contributed by atoms with Crippen molar-refractivity contribution in [1.82, 2.24) is 0 Å². The molecule has 0 unspecified atom stereocenters. The molecule has 0 aliphatic heterocycles. The van der Waals surface area contributed by atoms with Crippen LogP contribution in [0.5, 0.6) is 11.5 Å². The Hall–Kier alpha value is -3.32. The molecular formula is C22H22N2O4S. The molecule has 3 rings (SSSR count). The molecule has 0 aromatic heterocycles. The fourth-order valence-electron chi connectivity index (χ4n) is 2.65. The number of aromatic hydroxyl groups is 1. The predicted octanol–water partition coefficient (Wildman–Crippen LogP) is 4.65. The Kier molecular flexibility index (Phi) is 6.19. The maximum absolute atomic E-state index is 12.7. The topological polar surface area (TPSA) is 88.0 Å². The third-order valence-corrected chi connectivity index (χ3v) is 5.53. The van der Waals surface area contributed by atoms with Gasteiger partial charge in [-0.15, -0.1) is 0 Å². The van der Waals surface area contributed by atoms with Crippen molar-refractivity contribution in [1.29, 1.82) is 0 Å². The number of aryl methyl sites for hydroxylation is 1. The van der Waals surface area contributed by atoms with E-state index in [1.165, 1.54) is 6.21 Å². The number of benzene rings is 3. The first kappa shape index (κ1) is 20.4. The molecule has 0 spiro atoms. The minimum absolute atomic E-state index is 0.0178. The van der Waals surface area contributed by atoms with E-state index in [1.807, 2.05) is 13.8 Å². The number of ether oxygens (including phenoxy) is 1. The molecule has 3 aromatic rings. The average Bonchev–Trinajstić information content (AvgIpc) is 2.70. The third kappa shape index (κ3) is 4.94. The van der Waals surface area contributed by atoms with E-state index >= 15 is 0 Å². The summed E-state index contributed by atoms with van der Waals surface area (Å²) in [6, 6.07) is 18.5. The number of hydrogen-bond acceptors (Lipinski definition) is 5. The molecule has 0 heterocycles. The molecular weight excluding hydrogens is 388 g/mol. The summed E-state index contributed by atoms with van der Waals surface area (Å²) < 4.78 is 33.3. The highest BCUT2D eigenvalue weighted by atomic mass is 32.2. The second-order valence-corrected chi connectivity index (χ2v) is 8.00. The van der Waals surface area contributed by atoms with E-state index < -0.39 is 10.0 Å². The summed E-state index contributed by atoms with van der Waals surface area (Å²) in [5.74, 6) is 0.348. The molecule has 3 aromatic carbocycles. The van der Waals surface area contributed by atoms with E-state index in [-0.39, 0.29) is 10.6 Å². The van der Waals surface area contributed by atoms with Crippen LogP contribution in [0.1, 0.15) is 18.1 Å². The van der Waals surface area contributed by atoms with Gasteiger partial charge in [0.05, 0.1) is 22.9 Å². The Morgan fingerprint density at radius 2 is 1.76 bits per heavy atom. The van der Waals surface area contributed by atoms with E-state index in [1.54, 1.807) is 66.7 Å². The highest BCUT2D eigenvalue weighted by Gasteiger charge is 2.15. The predicted molar refractivity (Wildman–Crippen MR) is 115 cm³/mol. The Morgan fingerprint density at radius 1 is 1.03 bits per heavy atom. The van der Waals surface area contributed by atoms with Crippen LogP contribution >= 0.6 is 0 Å². The number of anilines is 1. The maximum Gasteiger partial charge on any atom is 0.261 e. The van der Waals surface area contributed by atoms with Crippen LogP contribution in [0.2, 0.25) is 0 Å². The molecule has 6 nitrogen and oxygen atoms in total. The summed E-state index contributed by atoms with van der Waals surface area (Å²) in [5, 5.41) is 10.3. The largest absolute Gasteiger partial charge is 0.504 e. The van der Waals surface area contributed by atoms with Crippen LogP contribution in [-0.2, 0) is 10.0 Å². The fraction of sp³-hybridized carbons (Fsp3) is 0.136. The van der Waals surface area contributed by atoms with E-state index in [9.17, 15) is 13.5 Å². The van der Waals surface area contributed by atoms with Gasteiger partial charge in [-0.1, -0.05) is 35.9 Å².